The van der Waals surface area contributed by atoms with Crippen molar-refractivity contribution in [3.05, 3.63) is 59.7 Å². The van der Waals surface area contributed by atoms with Crippen molar-refractivity contribution < 1.29 is 0 Å². The molecule has 8 rings (SSSR count). The van der Waals surface area contributed by atoms with Gasteiger partial charge in [0.25, 0.3) is 0 Å². The molecule has 2 aliphatic heterocycles. The van der Waals surface area contributed by atoms with Crippen LogP contribution in [-0.4, -0.2) is 78.2 Å². The van der Waals surface area contributed by atoms with Gasteiger partial charge in [0.15, 0.2) is 0 Å². The van der Waals surface area contributed by atoms with E-state index in [0.29, 0.717) is 29.0 Å². The molecule has 332 valence electrons. The van der Waals surface area contributed by atoms with Crippen LogP contribution in [0.5, 0.6) is 0 Å². The van der Waals surface area contributed by atoms with E-state index in [1.54, 1.807) is 0 Å². The number of allylic oxidation sites excluding steroid dienone is 1. The lowest BCUT2D eigenvalue weighted by Gasteiger charge is -2.58. The third-order valence-electron chi connectivity index (χ3n) is 17.8. The van der Waals surface area contributed by atoms with E-state index >= 15 is 0 Å². The maximum atomic E-state index is 4.86. The minimum Gasteiger partial charge on any atom is -0.385 e. The highest BCUT2D eigenvalue weighted by Gasteiger charge is 2.59. The molecule has 10 atom stereocenters. The summed E-state index contributed by atoms with van der Waals surface area (Å²) >= 11 is 0. The van der Waals surface area contributed by atoms with Gasteiger partial charge in [-0.3, -0.25) is 19.8 Å². The number of likely N-dealkylation sites (tertiary alicyclic amines) is 2. The molecule has 10 unspecified atom stereocenters. The van der Waals surface area contributed by atoms with E-state index < -0.39 is 0 Å². The monoisotopic (exact) mass is 820 g/mol. The van der Waals surface area contributed by atoms with Crippen LogP contribution in [0.15, 0.2) is 48.3 Å². The second-order valence-electron chi connectivity index (χ2n) is 22.1. The van der Waals surface area contributed by atoms with Crippen LogP contribution in [-0.2, 0) is 13.1 Å². The Balaban J connectivity index is 0.759. The first-order chi connectivity index (χ1) is 29.0. The standard InChI is InChI=1S/C53H85N7/c1-38(2)13-10-14-39(3)47-19-20-48-46-18-17-40-33-41(21-25-52(40,4)49(46)22-26-53(47,48)5)54-27-8-9-28-55-42-23-29-56-43(34-42)36-59-31-11-15-50(59)51-16-12-32-60(51)37-44-35-45(58(6)7)24-30-57-44/h17,23-24,29-30,34-35,38-39,41,46-51,54H,8-16,18-22,25-28,31-33,36-37H2,1-7H3,(H,55,56). The smallest absolute Gasteiger partial charge is 0.0564 e. The molecule has 7 heteroatoms. The zero-order valence-electron chi connectivity index (χ0n) is 39.2. The lowest BCUT2D eigenvalue weighted by Crippen LogP contribution is -2.51. The quantitative estimate of drug-likeness (QED) is 0.115. The lowest BCUT2D eigenvalue weighted by molar-refractivity contribution is -0.0514. The topological polar surface area (TPSA) is 59.6 Å². The van der Waals surface area contributed by atoms with E-state index in [-0.39, 0.29) is 0 Å². The van der Waals surface area contributed by atoms with E-state index in [2.05, 4.69) is 104 Å². The minimum atomic E-state index is 0.444. The predicted octanol–water partition coefficient (Wildman–Crippen LogP) is 11.4. The highest BCUT2D eigenvalue weighted by molar-refractivity contribution is 5.45. The van der Waals surface area contributed by atoms with Crippen molar-refractivity contribution in [3.63, 3.8) is 0 Å². The van der Waals surface area contributed by atoms with Gasteiger partial charge < -0.3 is 15.5 Å². The van der Waals surface area contributed by atoms with E-state index in [9.17, 15) is 0 Å². The predicted molar refractivity (Wildman–Crippen MR) is 252 cm³/mol. The molecule has 2 aromatic heterocycles. The van der Waals surface area contributed by atoms with Crippen LogP contribution in [0.1, 0.15) is 155 Å². The summed E-state index contributed by atoms with van der Waals surface area (Å²) in [5.41, 5.74) is 7.69. The van der Waals surface area contributed by atoms with Gasteiger partial charge in [0, 0.05) is 75.6 Å². The number of fused-ring (bicyclic) bond motifs is 5. The van der Waals surface area contributed by atoms with Crippen LogP contribution in [0.3, 0.4) is 0 Å². The Morgan fingerprint density at radius 1 is 0.783 bits per heavy atom. The zero-order valence-corrected chi connectivity index (χ0v) is 39.2. The maximum Gasteiger partial charge on any atom is 0.0564 e. The van der Waals surface area contributed by atoms with Crippen LogP contribution in [0.25, 0.3) is 0 Å². The summed E-state index contributed by atoms with van der Waals surface area (Å²) < 4.78 is 0. The molecule has 2 saturated heterocycles. The molecule has 0 spiro atoms. The second kappa shape index (κ2) is 19.5. The Bertz CT molecular complexity index is 1720. The van der Waals surface area contributed by atoms with Gasteiger partial charge in [0.2, 0.25) is 0 Å². The molecule has 2 N–H and O–H groups in total. The van der Waals surface area contributed by atoms with Gasteiger partial charge >= 0.3 is 0 Å². The molecule has 0 bridgehead atoms. The fraction of sp³-hybridized carbons (Fsp3) is 0.774. The normalized spacial score (nSPS) is 33.7. The number of hydrogen-bond acceptors (Lipinski definition) is 7. The van der Waals surface area contributed by atoms with Crippen molar-refractivity contribution >= 4 is 11.4 Å². The van der Waals surface area contributed by atoms with Crippen molar-refractivity contribution in [2.24, 2.45) is 46.3 Å². The summed E-state index contributed by atoms with van der Waals surface area (Å²) in [6.07, 6.45) is 30.0. The van der Waals surface area contributed by atoms with Crippen LogP contribution >= 0.6 is 0 Å². The summed E-state index contributed by atoms with van der Waals surface area (Å²) in [7, 11) is 4.22. The number of nitrogens with zero attached hydrogens (tertiary/aromatic N) is 5. The molecule has 0 amide bonds. The van der Waals surface area contributed by atoms with E-state index in [1.165, 1.54) is 145 Å². The Morgan fingerprint density at radius 2 is 1.50 bits per heavy atom. The Labute approximate surface area is 366 Å². The van der Waals surface area contributed by atoms with Gasteiger partial charge in [-0.15, -0.1) is 0 Å². The van der Waals surface area contributed by atoms with E-state index in [0.717, 1.165) is 61.7 Å². The first-order valence-corrected chi connectivity index (χ1v) is 25.2. The first kappa shape index (κ1) is 44.1. The molecule has 2 aromatic rings. The number of unbranched alkanes of at least 4 members (excludes halogenated alkanes) is 1. The molecular formula is C53H85N7. The van der Waals surface area contributed by atoms with Crippen molar-refractivity contribution in [2.45, 2.75) is 175 Å². The number of hydrogen-bond donors (Lipinski definition) is 2. The van der Waals surface area contributed by atoms with Gasteiger partial charge in [-0.2, -0.15) is 0 Å². The SMILES string of the molecule is CC(C)CCCC(C)C1CCC2C3CC=C4CC(NCCCCNc5ccnc(CN6CCCC6C6CCCN6Cc6cc(N(C)C)ccn6)c5)CCC4(C)C3CCC12C. The van der Waals surface area contributed by atoms with Gasteiger partial charge in [-0.05, 0) is 180 Å². The summed E-state index contributed by atoms with van der Waals surface area (Å²) in [5.74, 6) is 5.50. The molecule has 7 nitrogen and oxygen atoms in total. The van der Waals surface area contributed by atoms with Crippen molar-refractivity contribution in [3.8, 4) is 0 Å². The summed E-state index contributed by atoms with van der Waals surface area (Å²) in [5, 5.41) is 7.79. The fourth-order valence-corrected chi connectivity index (χ4v) is 14.5. The number of rotatable bonds is 18. The van der Waals surface area contributed by atoms with Crippen LogP contribution in [0, 0.1) is 46.3 Å². The third kappa shape index (κ3) is 9.69. The number of nitrogens with one attached hydrogen (secondary N) is 2. The summed E-state index contributed by atoms with van der Waals surface area (Å²) in [6, 6.07) is 10.7. The zero-order chi connectivity index (χ0) is 41.9. The fourth-order valence-electron chi connectivity index (χ4n) is 14.5. The molecule has 4 aliphatic carbocycles. The molecule has 4 heterocycles. The van der Waals surface area contributed by atoms with Crippen molar-refractivity contribution in [1.82, 2.24) is 25.1 Å². The molecule has 3 saturated carbocycles. The third-order valence-corrected chi connectivity index (χ3v) is 17.8. The van der Waals surface area contributed by atoms with Crippen LogP contribution in [0.4, 0.5) is 11.4 Å². The molecular weight excluding hydrogens is 735 g/mol. The number of anilines is 2. The molecule has 0 radical (unpaired) electrons. The summed E-state index contributed by atoms with van der Waals surface area (Å²) in [6.45, 7) is 19.2. The first-order valence-electron chi connectivity index (χ1n) is 25.2. The average Bonchev–Trinajstić information content (AvgIpc) is 3.97. The van der Waals surface area contributed by atoms with Crippen molar-refractivity contribution in [2.75, 3.05) is 50.5 Å². The van der Waals surface area contributed by atoms with Crippen LogP contribution in [0.2, 0.25) is 0 Å². The molecule has 6 aliphatic rings. The van der Waals surface area contributed by atoms with Crippen LogP contribution < -0.4 is 15.5 Å². The Hall–Kier alpha value is -2.48. The summed E-state index contributed by atoms with van der Waals surface area (Å²) in [4.78, 5) is 17.2. The van der Waals surface area contributed by atoms with E-state index in [4.69, 9.17) is 9.97 Å². The molecule has 5 fully saturated rings. The Morgan fingerprint density at radius 3 is 2.23 bits per heavy atom. The van der Waals surface area contributed by atoms with Gasteiger partial charge in [-0.1, -0.05) is 65.5 Å². The number of pyridine rings is 2. The highest BCUT2D eigenvalue weighted by Crippen LogP contribution is 2.67. The van der Waals surface area contributed by atoms with Gasteiger partial charge in [0.05, 0.1) is 11.4 Å². The number of aromatic nitrogens is 2. The molecule has 60 heavy (non-hydrogen) atoms. The maximum absolute atomic E-state index is 4.86. The average molecular weight is 820 g/mol. The Kier molecular flexibility index (Phi) is 14.3. The second-order valence-corrected chi connectivity index (χ2v) is 22.1. The minimum absolute atomic E-state index is 0.444. The largest absolute Gasteiger partial charge is 0.385 e. The van der Waals surface area contributed by atoms with E-state index in [1.807, 2.05) is 18.0 Å². The highest BCUT2D eigenvalue weighted by atomic mass is 15.3. The van der Waals surface area contributed by atoms with Gasteiger partial charge in [0.1, 0.15) is 0 Å². The molecule has 0 aromatic carbocycles. The lowest BCUT2D eigenvalue weighted by atomic mass is 9.47. The van der Waals surface area contributed by atoms with Crippen molar-refractivity contribution in [1.29, 1.82) is 0 Å². The van der Waals surface area contributed by atoms with Gasteiger partial charge in [-0.25, -0.2) is 0 Å².